The molecule has 0 bridgehead atoms. The summed E-state index contributed by atoms with van der Waals surface area (Å²) in [6, 6.07) is 5.86. The third-order valence-corrected chi connectivity index (χ3v) is 3.34. The molecule has 4 heteroatoms. The van der Waals surface area contributed by atoms with Crippen molar-refractivity contribution < 1.29 is 4.74 Å². The summed E-state index contributed by atoms with van der Waals surface area (Å²) >= 11 is 7.69. The second kappa shape index (κ2) is 4.21. The van der Waals surface area contributed by atoms with Crippen LogP contribution < -0.4 is 4.74 Å². The van der Waals surface area contributed by atoms with Crippen molar-refractivity contribution in [3.05, 3.63) is 33.6 Å². The molecule has 2 rings (SSSR count). The highest BCUT2D eigenvalue weighted by molar-refractivity contribution is 7.16. The minimum Gasteiger partial charge on any atom is -0.481 e. The molecule has 0 spiro atoms. The van der Waals surface area contributed by atoms with Gasteiger partial charge < -0.3 is 4.74 Å². The molecule has 0 saturated heterocycles. The fraction of sp³-hybridized carbons (Fsp3) is 0.182. The Morgan fingerprint density at radius 2 is 2.20 bits per heavy atom. The van der Waals surface area contributed by atoms with E-state index < -0.39 is 0 Å². The van der Waals surface area contributed by atoms with Crippen LogP contribution in [-0.4, -0.2) is 12.1 Å². The van der Waals surface area contributed by atoms with Crippen molar-refractivity contribution in [3.63, 3.8) is 0 Å². The van der Waals surface area contributed by atoms with Gasteiger partial charge in [-0.1, -0.05) is 11.6 Å². The Morgan fingerprint density at radius 1 is 1.40 bits per heavy atom. The number of hydrogen-bond acceptors (Lipinski definition) is 3. The highest BCUT2D eigenvalue weighted by Gasteiger charge is 2.07. The molecule has 0 saturated carbocycles. The van der Waals surface area contributed by atoms with Gasteiger partial charge in [-0.25, -0.2) is 4.98 Å². The van der Waals surface area contributed by atoms with Crippen molar-refractivity contribution in [1.82, 2.24) is 4.98 Å². The second-order valence-corrected chi connectivity index (χ2v) is 4.99. The standard InChI is InChI=1S/C11H10ClNOS/c1-7-5-9(11(12)15-7)8-3-4-10(14-2)13-6-8/h3-6H,1-2H3. The molecule has 0 aromatic carbocycles. The Bertz CT molecular complexity index is 464. The summed E-state index contributed by atoms with van der Waals surface area (Å²) in [5, 5.41) is 0. The van der Waals surface area contributed by atoms with Gasteiger partial charge in [-0.05, 0) is 19.1 Å². The molecule has 2 aromatic heterocycles. The first-order valence-electron chi connectivity index (χ1n) is 4.47. The van der Waals surface area contributed by atoms with Crippen LogP contribution in [0.3, 0.4) is 0 Å². The summed E-state index contributed by atoms with van der Waals surface area (Å²) in [7, 11) is 1.60. The summed E-state index contributed by atoms with van der Waals surface area (Å²) < 4.78 is 5.80. The molecule has 0 fully saturated rings. The van der Waals surface area contributed by atoms with Gasteiger partial charge in [0.1, 0.15) is 4.34 Å². The largest absolute Gasteiger partial charge is 0.481 e. The first kappa shape index (κ1) is 10.5. The van der Waals surface area contributed by atoms with E-state index in [0.717, 1.165) is 15.5 Å². The third kappa shape index (κ3) is 2.13. The predicted octanol–water partition coefficient (Wildman–Crippen LogP) is 3.78. The molecule has 2 heterocycles. The third-order valence-electron chi connectivity index (χ3n) is 2.07. The number of halogens is 1. The highest BCUT2D eigenvalue weighted by atomic mass is 35.5. The molecule has 0 aliphatic rings. The van der Waals surface area contributed by atoms with E-state index in [0.29, 0.717) is 5.88 Å². The van der Waals surface area contributed by atoms with Gasteiger partial charge in [-0.3, -0.25) is 0 Å². The molecule has 0 aliphatic heterocycles. The van der Waals surface area contributed by atoms with Crippen LogP contribution in [0.4, 0.5) is 0 Å². The van der Waals surface area contributed by atoms with Crippen molar-refractivity contribution >= 4 is 22.9 Å². The maximum Gasteiger partial charge on any atom is 0.212 e. The number of aryl methyl sites for hydroxylation is 1. The Kier molecular flexibility index (Phi) is 2.93. The van der Waals surface area contributed by atoms with Crippen molar-refractivity contribution in [2.75, 3.05) is 7.11 Å². The zero-order valence-electron chi connectivity index (χ0n) is 8.45. The van der Waals surface area contributed by atoms with Crippen molar-refractivity contribution in [2.45, 2.75) is 6.92 Å². The molecule has 0 radical (unpaired) electrons. The van der Waals surface area contributed by atoms with Gasteiger partial charge in [0.2, 0.25) is 5.88 Å². The molecule has 0 atom stereocenters. The SMILES string of the molecule is COc1ccc(-c2cc(C)sc2Cl)cn1. The number of rotatable bonds is 2. The van der Waals surface area contributed by atoms with E-state index in [4.69, 9.17) is 16.3 Å². The van der Waals surface area contributed by atoms with Crippen LogP contribution in [0.25, 0.3) is 11.1 Å². The smallest absolute Gasteiger partial charge is 0.212 e. The molecule has 0 amide bonds. The number of methoxy groups -OCH3 is 1. The van der Waals surface area contributed by atoms with Gasteiger partial charge in [-0.2, -0.15) is 0 Å². The summed E-state index contributed by atoms with van der Waals surface area (Å²) in [4.78, 5) is 5.35. The minimum atomic E-state index is 0.613. The molecule has 0 unspecified atom stereocenters. The van der Waals surface area contributed by atoms with Crippen LogP contribution in [-0.2, 0) is 0 Å². The molecule has 2 nitrogen and oxygen atoms in total. The lowest BCUT2D eigenvalue weighted by atomic mass is 10.1. The van der Waals surface area contributed by atoms with Gasteiger partial charge in [0.25, 0.3) is 0 Å². The van der Waals surface area contributed by atoms with Crippen LogP contribution in [0.1, 0.15) is 4.88 Å². The molecular weight excluding hydrogens is 230 g/mol. The van der Waals surface area contributed by atoms with Crippen LogP contribution in [0, 0.1) is 6.92 Å². The van der Waals surface area contributed by atoms with Crippen LogP contribution in [0.5, 0.6) is 5.88 Å². The van der Waals surface area contributed by atoms with E-state index >= 15 is 0 Å². The zero-order chi connectivity index (χ0) is 10.8. The maximum atomic E-state index is 6.11. The molecule has 0 aliphatic carbocycles. The normalized spacial score (nSPS) is 10.3. The Hall–Kier alpha value is -1.06. The van der Waals surface area contributed by atoms with Crippen molar-refractivity contribution in [1.29, 1.82) is 0 Å². The molecule has 2 aromatic rings. The second-order valence-electron chi connectivity index (χ2n) is 3.13. The van der Waals surface area contributed by atoms with E-state index in [9.17, 15) is 0 Å². The Balaban J connectivity index is 2.41. The maximum absolute atomic E-state index is 6.11. The van der Waals surface area contributed by atoms with E-state index in [-0.39, 0.29) is 0 Å². The zero-order valence-corrected chi connectivity index (χ0v) is 10.0. The van der Waals surface area contributed by atoms with Crippen molar-refractivity contribution in [2.24, 2.45) is 0 Å². The van der Waals surface area contributed by atoms with Gasteiger partial charge in [0.05, 0.1) is 7.11 Å². The Labute approximate surface area is 97.5 Å². The predicted molar refractivity (Wildman–Crippen MR) is 63.8 cm³/mol. The fourth-order valence-corrected chi connectivity index (χ4v) is 2.62. The summed E-state index contributed by atoms with van der Waals surface area (Å²) in [5.74, 6) is 0.613. The lowest BCUT2D eigenvalue weighted by Crippen LogP contribution is -1.86. The summed E-state index contributed by atoms with van der Waals surface area (Å²) in [6.07, 6.45) is 1.77. The van der Waals surface area contributed by atoms with Crippen LogP contribution >= 0.6 is 22.9 Å². The van der Waals surface area contributed by atoms with E-state index in [1.165, 1.54) is 4.88 Å². The van der Waals surface area contributed by atoms with Crippen LogP contribution in [0.15, 0.2) is 24.4 Å². The van der Waals surface area contributed by atoms with Gasteiger partial charge >= 0.3 is 0 Å². The Morgan fingerprint density at radius 3 is 2.67 bits per heavy atom. The van der Waals surface area contributed by atoms with Crippen molar-refractivity contribution in [3.8, 4) is 17.0 Å². The van der Waals surface area contributed by atoms with Gasteiger partial charge in [0.15, 0.2) is 0 Å². The average molecular weight is 240 g/mol. The number of pyridine rings is 1. The highest BCUT2D eigenvalue weighted by Crippen LogP contribution is 2.35. The number of thiophene rings is 1. The minimum absolute atomic E-state index is 0.613. The molecule has 78 valence electrons. The monoisotopic (exact) mass is 239 g/mol. The van der Waals surface area contributed by atoms with E-state index in [1.54, 1.807) is 24.6 Å². The number of ether oxygens (including phenoxy) is 1. The van der Waals surface area contributed by atoms with Gasteiger partial charge in [-0.15, -0.1) is 11.3 Å². The summed E-state index contributed by atoms with van der Waals surface area (Å²) in [6.45, 7) is 2.04. The fourth-order valence-electron chi connectivity index (χ4n) is 1.34. The quantitative estimate of drug-likeness (QED) is 0.796. The topological polar surface area (TPSA) is 22.1 Å². The average Bonchev–Trinajstić information content (AvgIpc) is 2.58. The molecule has 0 N–H and O–H groups in total. The first-order valence-corrected chi connectivity index (χ1v) is 5.66. The van der Waals surface area contributed by atoms with Crippen LogP contribution in [0.2, 0.25) is 4.34 Å². The summed E-state index contributed by atoms with van der Waals surface area (Å²) in [5.41, 5.74) is 2.06. The first-order chi connectivity index (χ1) is 7.20. The van der Waals surface area contributed by atoms with E-state index in [2.05, 4.69) is 11.1 Å². The molecule has 15 heavy (non-hydrogen) atoms. The van der Waals surface area contributed by atoms with Gasteiger partial charge in [0, 0.05) is 28.3 Å². The number of nitrogens with zero attached hydrogens (tertiary/aromatic N) is 1. The number of aromatic nitrogens is 1. The lowest BCUT2D eigenvalue weighted by Gasteiger charge is -2.00. The number of hydrogen-bond donors (Lipinski definition) is 0. The lowest BCUT2D eigenvalue weighted by molar-refractivity contribution is 0.398. The molecular formula is C11H10ClNOS. The van der Waals surface area contributed by atoms with E-state index in [1.807, 2.05) is 19.1 Å².